The van der Waals surface area contributed by atoms with Crippen LogP contribution in [0, 0.1) is 0 Å². The van der Waals surface area contributed by atoms with Crippen LogP contribution in [0.1, 0.15) is 18.7 Å². The quantitative estimate of drug-likeness (QED) is 0.748. The van der Waals surface area contributed by atoms with E-state index in [-0.39, 0.29) is 34.1 Å². The fraction of sp³-hybridized carbons (Fsp3) is 0.500. The van der Waals surface area contributed by atoms with E-state index in [0.29, 0.717) is 0 Å². The highest BCUT2D eigenvalue weighted by atomic mass is 32.2. The number of fused-ring (bicyclic) bond motifs is 2. The first kappa shape index (κ1) is 12.9. The molecular weight excluding hydrogens is 296 g/mol. The van der Waals surface area contributed by atoms with Crippen molar-refractivity contribution in [2.24, 2.45) is 0 Å². The van der Waals surface area contributed by atoms with Crippen LogP contribution in [0.25, 0.3) is 10.3 Å². The Labute approximate surface area is 113 Å². The molecule has 0 N–H and O–H groups in total. The summed E-state index contributed by atoms with van der Waals surface area (Å²) >= 11 is -0.435. The zero-order chi connectivity index (χ0) is 13.8. The molecule has 0 aliphatic carbocycles. The molecule has 0 bridgehead atoms. The summed E-state index contributed by atoms with van der Waals surface area (Å²) in [7, 11) is 0. The lowest BCUT2D eigenvalue weighted by atomic mass is 10.1. The SMILES string of the molecule is C[S+]([O-])c1nc2c(=O)n3c(nc2s1)C(F)(F)CCC3. The highest BCUT2D eigenvalue weighted by Gasteiger charge is 2.40. The second kappa shape index (κ2) is 4.22. The third-order valence-corrected chi connectivity index (χ3v) is 5.23. The molecule has 9 heteroatoms. The Morgan fingerprint density at radius 1 is 1.47 bits per heavy atom. The molecule has 0 spiro atoms. The van der Waals surface area contributed by atoms with Crippen molar-refractivity contribution in [3.05, 3.63) is 16.2 Å². The van der Waals surface area contributed by atoms with Gasteiger partial charge in [-0.3, -0.25) is 9.36 Å². The number of alkyl halides is 2. The van der Waals surface area contributed by atoms with E-state index in [1.807, 2.05) is 0 Å². The Morgan fingerprint density at radius 2 is 2.21 bits per heavy atom. The summed E-state index contributed by atoms with van der Waals surface area (Å²) in [5.74, 6) is -3.60. The van der Waals surface area contributed by atoms with Crippen LogP contribution in [0.15, 0.2) is 9.13 Å². The van der Waals surface area contributed by atoms with Gasteiger partial charge in [0.25, 0.3) is 5.56 Å². The molecule has 3 rings (SSSR count). The van der Waals surface area contributed by atoms with Crippen LogP contribution < -0.4 is 5.56 Å². The third kappa shape index (κ3) is 1.96. The maximum absolute atomic E-state index is 13.8. The molecule has 3 heterocycles. The van der Waals surface area contributed by atoms with Gasteiger partial charge in [0.2, 0.25) is 0 Å². The fourth-order valence-electron chi connectivity index (χ4n) is 2.07. The van der Waals surface area contributed by atoms with E-state index in [1.54, 1.807) is 0 Å². The van der Waals surface area contributed by atoms with Gasteiger partial charge < -0.3 is 4.55 Å². The normalized spacial score (nSPS) is 19.4. The smallest absolute Gasteiger partial charge is 0.305 e. The van der Waals surface area contributed by atoms with Gasteiger partial charge in [-0.2, -0.15) is 13.8 Å². The molecule has 0 saturated carbocycles. The van der Waals surface area contributed by atoms with Gasteiger partial charge in [0.1, 0.15) is 6.26 Å². The second-order valence-electron chi connectivity index (χ2n) is 4.29. The number of nitrogens with zero attached hydrogens (tertiary/aromatic N) is 3. The van der Waals surface area contributed by atoms with Crippen LogP contribution in [0.4, 0.5) is 8.78 Å². The van der Waals surface area contributed by atoms with Crippen molar-refractivity contribution < 1.29 is 13.3 Å². The average molecular weight is 305 g/mol. The van der Waals surface area contributed by atoms with E-state index >= 15 is 0 Å². The number of hydrogen-bond acceptors (Lipinski definition) is 5. The highest BCUT2D eigenvalue weighted by Crippen LogP contribution is 2.36. The first-order valence-corrected chi connectivity index (χ1v) is 7.91. The molecular formula is C10H9F2N3O2S2. The van der Waals surface area contributed by atoms with E-state index in [1.165, 1.54) is 6.26 Å². The van der Waals surface area contributed by atoms with Gasteiger partial charge >= 0.3 is 10.3 Å². The molecule has 2 aromatic rings. The topological polar surface area (TPSA) is 70.8 Å². The minimum absolute atomic E-state index is 0.0247. The van der Waals surface area contributed by atoms with Crippen LogP contribution in [-0.2, 0) is 23.6 Å². The van der Waals surface area contributed by atoms with E-state index in [2.05, 4.69) is 9.97 Å². The minimum Gasteiger partial charge on any atom is -0.610 e. The van der Waals surface area contributed by atoms with Crippen molar-refractivity contribution in [1.29, 1.82) is 0 Å². The molecule has 1 atom stereocenters. The van der Waals surface area contributed by atoms with Crippen LogP contribution in [0.3, 0.4) is 0 Å². The number of thiazole rings is 1. The lowest BCUT2D eigenvalue weighted by molar-refractivity contribution is -0.0407. The van der Waals surface area contributed by atoms with Crippen LogP contribution >= 0.6 is 11.3 Å². The maximum atomic E-state index is 13.8. The Balaban J connectivity index is 2.33. The largest absolute Gasteiger partial charge is 0.610 e. The summed E-state index contributed by atoms with van der Waals surface area (Å²) in [4.78, 5) is 20.1. The minimum atomic E-state index is -3.10. The van der Waals surface area contributed by atoms with Crippen molar-refractivity contribution in [2.75, 3.05) is 6.26 Å². The number of aromatic nitrogens is 3. The molecule has 0 fully saturated rings. The second-order valence-corrected chi connectivity index (χ2v) is 6.82. The average Bonchev–Trinajstić information content (AvgIpc) is 2.75. The maximum Gasteiger partial charge on any atom is 0.305 e. The van der Waals surface area contributed by atoms with Crippen LogP contribution in [0.5, 0.6) is 0 Å². The molecule has 0 radical (unpaired) electrons. The van der Waals surface area contributed by atoms with E-state index in [9.17, 15) is 18.1 Å². The first-order chi connectivity index (χ1) is 8.90. The molecule has 5 nitrogen and oxygen atoms in total. The number of hydrogen-bond donors (Lipinski definition) is 0. The molecule has 1 aliphatic rings. The van der Waals surface area contributed by atoms with Crippen molar-refractivity contribution in [3.8, 4) is 0 Å². The van der Waals surface area contributed by atoms with Gasteiger partial charge in [-0.05, 0) is 17.8 Å². The van der Waals surface area contributed by atoms with E-state index in [4.69, 9.17) is 0 Å². The molecule has 0 amide bonds. The van der Waals surface area contributed by atoms with Crippen molar-refractivity contribution in [1.82, 2.24) is 14.5 Å². The molecule has 0 saturated heterocycles. The van der Waals surface area contributed by atoms with Gasteiger partial charge in [-0.1, -0.05) is 0 Å². The highest BCUT2D eigenvalue weighted by molar-refractivity contribution is 7.92. The number of rotatable bonds is 1. The fourth-order valence-corrected chi connectivity index (χ4v) is 3.66. The Morgan fingerprint density at radius 3 is 2.89 bits per heavy atom. The van der Waals surface area contributed by atoms with Crippen LogP contribution in [0.2, 0.25) is 0 Å². The summed E-state index contributed by atoms with van der Waals surface area (Å²) in [5.41, 5.74) is -0.552. The summed E-state index contributed by atoms with van der Waals surface area (Å²) in [6.45, 7) is 0.217. The van der Waals surface area contributed by atoms with Crippen molar-refractivity contribution >= 4 is 32.9 Å². The third-order valence-electron chi connectivity index (χ3n) is 2.95. The van der Waals surface area contributed by atoms with Gasteiger partial charge in [-0.15, -0.1) is 0 Å². The molecule has 0 aromatic carbocycles. The Bertz CT molecular complexity index is 711. The summed E-state index contributed by atoms with van der Waals surface area (Å²) in [6.07, 6.45) is 1.34. The standard InChI is InChI=1S/C10H9F2N3O2S2/c1-19(17)9-13-5-6(18-9)14-8-10(11,12)3-2-4-15(8)7(5)16/h2-4H2,1H3. The summed E-state index contributed by atoms with van der Waals surface area (Å²) in [5, 5.41) is 0. The monoisotopic (exact) mass is 305 g/mol. The summed E-state index contributed by atoms with van der Waals surface area (Å²) < 4.78 is 40.1. The van der Waals surface area contributed by atoms with Crippen molar-refractivity contribution in [2.45, 2.75) is 29.6 Å². The Hall–Kier alpha value is -1.06. The molecule has 2 aromatic heterocycles. The zero-order valence-electron chi connectivity index (χ0n) is 9.85. The van der Waals surface area contributed by atoms with Gasteiger partial charge in [0.15, 0.2) is 16.2 Å². The molecule has 19 heavy (non-hydrogen) atoms. The van der Waals surface area contributed by atoms with Crippen molar-refractivity contribution in [3.63, 3.8) is 0 Å². The molecule has 1 unspecified atom stereocenters. The van der Waals surface area contributed by atoms with Gasteiger partial charge in [0.05, 0.1) is 0 Å². The molecule has 1 aliphatic heterocycles. The van der Waals surface area contributed by atoms with Gasteiger partial charge in [-0.25, -0.2) is 4.98 Å². The van der Waals surface area contributed by atoms with Crippen LogP contribution in [-0.4, -0.2) is 25.3 Å². The predicted molar refractivity (Wildman–Crippen MR) is 67.1 cm³/mol. The Kier molecular flexibility index (Phi) is 2.88. The van der Waals surface area contributed by atoms with E-state index in [0.717, 1.165) is 15.9 Å². The lowest BCUT2D eigenvalue weighted by Crippen LogP contribution is -2.35. The zero-order valence-corrected chi connectivity index (χ0v) is 11.5. The predicted octanol–water partition coefficient (Wildman–Crippen LogP) is 1.48. The van der Waals surface area contributed by atoms with E-state index < -0.39 is 28.5 Å². The first-order valence-electron chi connectivity index (χ1n) is 5.53. The molecule has 102 valence electrons. The summed E-state index contributed by atoms with van der Waals surface area (Å²) in [6, 6.07) is 0. The lowest BCUT2D eigenvalue weighted by Gasteiger charge is -2.24. The number of halogens is 2. The van der Waals surface area contributed by atoms with Gasteiger partial charge in [0, 0.05) is 24.1 Å².